The van der Waals surface area contributed by atoms with Crippen LogP contribution in [0.3, 0.4) is 0 Å². The lowest BCUT2D eigenvalue weighted by Gasteiger charge is -2.27. The molecule has 154 valence electrons. The van der Waals surface area contributed by atoms with E-state index >= 15 is 0 Å². The zero-order chi connectivity index (χ0) is 20.9. The van der Waals surface area contributed by atoms with E-state index in [1.54, 1.807) is 47.6 Å². The Hall–Kier alpha value is -3.13. The molecule has 8 heteroatoms. The number of benzene rings is 1. The molecule has 7 nitrogen and oxygen atoms in total. The van der Waals surface area contributed by atoms with E-state index in [0.29, 0.717) is 25.3 Å². The molecule has 1 spiro atoms. The van der Waals surface area contributed by atoms with Crippen molar-refractivity contribution in [2.75, 3.05) is 13.6 Å². The van der Waals surface area contributed by atoms with Gasteiger partial charge in [-0.1, -0.05) is 24.3 Å². The number of carbonyl (C=O) groups excluding carboxylic acids is 2. The topological polar surface area (TPSA) is 75.6 Å². The molecule has 0 radical (unpaired) electrons. The number of nitrogens with zero attached hydrogens (tertiary/aromatic N) is 4. The third kappa shape index (κ3) is 2.99. The molecule has 0 aliphatic carbocycles. The Morgan fingerprint density at radius 1 is 1.33 bits per heavy atom. The van der Waals surface area contributed by atoms with Gasteiger partial charge < -0.3 is 14.5 Å². The summed E-state index contributed by atoms with van der Waals surface area (Å²) in [6.45, 7) is 1.06. The molecule has 30 heavy (non-hydrogen) atoms. The van der Waals surface area contributed by atoms with Crippen LogP contribution in [-0.4, -0.2) is 56.9 Å². The first-order valence-corrected chi connectivity index (χ1v) is 9.87. The van der Waals surface area contributed by atoms with Gasteiger partial charge in [0.15, 0.2) is 0 Å². The maximum absolute atomic E-state index is 13.3. The van der Waals surface area contributed by atoms with Gasteiger partial charge in [-0.2, -0.15) is 0 Å². The molecule has 3 aliphatic rings. The van der Waals surface area contributed by atoms with Crippen LogP contribution in [0.5, 0.6) is 0 Å². The van der Waals surface area contributed by atoms with E-state index in [4.69, 9.17) is 4.74 Å². The molecule has 2 amide bonds. The first-order valence-electron chi connectivity index (χ1n) is 9.87. The fourth-order valence-corrected chi connectivity index (χ4v) is 4.79. The van der Waals surface area contributed by atoms with Crippen LogP contribution < -0.4 is 0 Å². The van der Waals surface area contributed by atoms with Gasteiger partial charge in [0.05, 0.1) is 42.9 Å². The highest BCUT2D eigenvalue weighted by molar-refractivity contribution is 5.93. The Balaban J connectivity index is 1.35. The van der Waals surface area contributed by atoms with Gasteiger partial charge in [0.25, 0.3) is 0 Å². The van der Waals surface area contributed by atoms with Crippen LogP contribution in [0.2, 0.25) is 0 Å². The summed E-state index contributed by atoms with van der Waals surface area (Å²) in [6.07, 6.45) is 8.20. The predicted octanol–water partition coefficient (Wildman–Crippen LogP) is 1.56. The number of rotatable bonds is 5. The molecular weight excluding hydrogens is 387 g/mol. The minimum Gasteiger partial charge on any atom is -0.360 e. The third-order valence-electron chi connectivity index (χ3n) is 6.14. The normalized spacial score (nSPS) is 28.8. The van der Waals surface area contributed by atoms with Gasteiger partial charge in [-0.05, 0) is 17.7 Å². The SMILES string of the molecule is CN(Cc1cnccn1)C(=O)[C@H]1[C@@H]2C=C[C@@]3(CN(Cc4ccc(F)cc4)C(=O)[C@@H]13)O2. The highest BCUT2D eigenvalue weighted by Gasteiger charge is 2.67. The van der Waals surface area contributed by atoms with Crippen molar-refractivity contribution in [2.45, 2.75) is 24.8 Å². The second kappa shape index (κ2) is 6.98. The number of halogens is 1. The highest BCUT2D eigenvalue weighted by Crippen LogP contribution is 2.52. The smallest absolute Gasteiger partial charge is 0.230 e. The second-order valence-electron chi connectivity index (χ2n) is 8.11. The lowest BCUT2D eigenvalue weighted by molar-refractivity contribution is -0.142. The molecule has 2 aromatic rings. The number of carbonyl (C=O) groups is 2. The van der Waals surface area contributed by atoms with E-state index in [9.17, 15) is 14.0 Å². The molecule has 0 unspecified atom stereocenters. The molecule has 1 aromatic carbocycles. The predicted molar refractivity (Wildman–Crippen MR) is 104 cm³/mol. The Morgan fingerprint density at radius 2 is 2.13 bits per heavy atom. The van der Waals surface area contributed by atoms with E-state index in [0.717, 1.165) is 5.56 Å². The Kier molecular flexibility index (Phi) is 4.39. The van der Waals surface area contributed by atoms with Gasteiger partial charge in [-0.25, -0.2) is 4.39 Å². The summed E-state index contributed by atoms with van der Waals surface area (Å²) < 4.78 is 19.4. The van der Waals surface area contributed by atoms with Crippen molar-refractivity contribution in [2.24, 2.45) is 11.8 Å². The lowest BCUT2D eigenvalue weighted by Crippen LogP contribution is -2.44. The molecule has 1 aromatic heterocycles. The second-order valence-corrected chi connectivity index (χ2v) is 8.11. The Labute approximate surface area is 173 Å². The zero-order valence-electron chi connectivity index (χ0n) is 16.4. The van der Waals surface area contributed by atoms with Crippen LogP contribution in [0.15, 0.2) is 55.0 Å². The van der Waals surface area contributed by atoms with Crippen LogP contribution >= 0.6 is 0 Å². The first kappa shape index (κ1) is 18.9. The summed E-state index contributed by atoms with van der Waals surface area (Å²) in [4.78, 5) is 38.1. The number of fused-ring (bicyclic) bond motifs is 1. The van der Waals surface area contributed by atoms with Gasteiger partial charge in [0.1, 0.15) is 11.4 Å². The zero-order valence-corrected chi connectivity index (χ0v) is 16.4. The van der Waals surface area contributed by atoms with Crippen LogP contribution in [0.25, 0.3) is 0 Å². The molecule has 3 aliphatic heterocycles. The summed E-state index contributed by atoms with van der Waals surface area (Å²) in [7, 11) is 1.70. The molecule has 2 saturated heterocycles. The Morgan fingerprint density at radius 3 is 2.87 bits per heavy atom. The standard InChI is InChI=1S/C22H21FN4O3/c1-26(12-16-10-24-8-9-25-16)20(28)18-17-6-7-22(30-17)13-27(21(29)19(18)22)11-14-2-4-15(23)5-3-14/h2-10,17-19H,11-13H2,1H3/t17-,18-,19+,22-/m0/s1. The molecule has 0 N–H and O–H groups in total. The molecule has 4 heterocycles. The van der Waals surface area contributed by atoms with E-state index < -0.39 is 23.5 Å². The first-order chi connectivity index (χ1) is 14.5. The summed E-state index contributed by atoms with van der Waals surface area (Å²) in [5.74, 6) is -1.67. The summed E-state index contributed by atoms with van der Waals surface area (Å²) in [5, 5.41) is 0. The van der Waals surface area contributed by atoms with Gasteiger partial charge in [-0.15, -0.1) is 0 Å². The summed E-state index contributed by atoms with van der Waals surface area (Å²) >= 11 is 0. The number of likely N-dealkylation sites (tertiary alicyclic amines) is 1. The molecule has 4 atom stereocenters. The number of ether oxygens (including phenoxy) is 1. The molecule has 2 bridgehead atoms. The fraction of sp³-hybridized carbons (Fsp3) is 0.364. The van der Waals surface area contributed by atoms with Crippen molar-refractivity contribution in [3.8, 4) is 0 Å². The number of hydrogen-bond acceptors (Lipinski definition) is 5. The van der Waals surface area contributed by atoms with Crippen molar-refractivity contribution in [1.29, 1.82) is 0 Å². The lowest BCUT2D eigenvalue weighted by atomic mass is 9.76. The van der Waals surface area contributed by atoms with Crippen LogP contribution in [0.4, 0.5) is 4.39 Å². The number of hydrogen-bond donors (Lipinski definition) is 0. The molecule has 2 fully saturated rings. The maximum atomic E-state index is 13.3. The van der Waals surface area contributed by atoms with Crippen LogP contribution in [-0.2, 0) is 27.4 Å². The minimum absolute atomic E-state index is 0.0996. The van der Waals surface area contributed by atoms with Crippen LogP contribution in [0, 0.1) is 17.7 Å². The van der Waals surface area contributed by atoms with Gasteiger partial charge in [-0.3, -0.25) is 19.6 Å². The van der Waals surface area contributed by atoms with Crippen molar-refractivity contribution < 1.29 is 18.7 Å². The molecule has 5 rings (SSSR count). The van der Waals surface area contributed by atoms with Crippen molar-refractivity contribution in [3.05, 3.63) is 72.1 Å². The Bertz CT molecular complexity index is 1010. The largest absolute Gasteiger partial charge is 0.360 e. The van der Waals surface area contributed by atoms with Crippen molar-refractivity contribution in [1.82, 2.24) is 19.8 Å². The van der Waals surface area contributed by atoms with E-state index in [1.165, 1.54) is 12.1 Å². The van der Waals surface area contributed by atoms with Crippen molar-refractivity contribution in [3.63, 3.8) is 0 Å². The summed E-state index contributed by atoms with van der Waals surface area (Å²) in [5.41, 5.74) is 0.746. The monoisotopic (exact) mass is 408 g/mol. The molecular formula is C22H21FN4O3. The number of amides is 2. The number of aromatic nitrogens is 2. The third-order valence-corrected chi connectivity index (χ3v) is 6.14. The minimum atomic E-state index is -0.768. The average Bonchev–Trinajstić information content (AvgIpc) is 3.38. The van der Waals surface area contributed by atoms with Gasteiger partial charge in [0, 0.05) is 26.0 Å². The van der Waals surface area contributed by atoms with Gasteiger partial charge in [0.2, 0.25) is 11.8 Å². The quantitative estimate of drug-likeness (QED) is 0.702. The van der Waals surface area contributed by atoms with E-state index in [-0.39, 0.29) is 17.6 Å². The summed E-state index contributed by atoms with van der Waals surface area (Å²) in [6, 6.07) is 6.09. The van der Waals surface area contributed by atoms with E-state index in [2.05, 4.69) is 9.97 Å². The highest BCUT2D eigenvalue weighted by atomic mass is 19.1. The van der Waals surface area contributed by atoms with Gasteiger partial charge >= 0.3 is 0 Å². The maximum Gasteiger partial charge on any atom is 0.230 e. The molecule has 0 saturated carbocycles. The van der Waals surface area contributed by atoms with Crippen molar-refractivity contribution >= 4 is 11.8 Å². The average molecular weight is 408 g/mol. The van der Waals surface area contributed by atoms with E-state index in [1.807, 2.05) is 12.2 Å². The van der Waals surface area contributed by atoms with Crippen LogP contribution in [0.1, 0.15) is 11.3 Å². The fourth-order valence-electron chi connectivity index (χ4n) is 4.79.